The molecule has 242 valence electrons. The number of aromatic hydroxyl groups is 2. The number of phenols is 2. The molecule has 0 aliphatic heterocycles. The SMILES string of the molecule is C=C/C(=C(O)\C=C/C)c1cc(C(C)(CC(C)C/C=C(/O)C(=C)c2ccccc2O)c2ccc(C3CCCCCC3)cc2)ccc1O. The van der Waals surface area contributed by atoms with Gasteiger partial charge in [0.1, 0.15) is 23.0 Å². The molecule has 3 aromatic rings. The second-order valence-electron chi connectivity index (χ2n) is 13.0. The molecule has 1 aliphatic rings. The van der Waals surface area contributed by atoms with Gasteiger partial charge in [0.25, 0.3) is 0 Å². The van der Waals surface area contributed by atoms with E-state index in [1.165, 1.54) is 49.7 Å². The first-order chi connectivity index (χ1) is 22.1. The lowest BCUT2D eigenvalue weighted by Gasteiger charge is -2.34. The van der Waals surface area contributed by atoms with Crippen molar-refractivity contribution in [2.24, 2.45) is 5.92 Å². The Morgan fingerprint density at radius 3 is 2.15 bits per heavy atom. The minimum Gasteiger partial charge on any atom is -0.508 e. The summed E-state index contributed by atoms with van der Waals surface area (Å²) in [6, 6.07) is 21.6. The zero-order valence-corrected chi connectivity index (χ0v) is 27.7. The molecule has 0 heterocycles. The molecule has 46 heavy (non-hydrogen) atoms. The lowest BCUT2D eigenvalue weighted by Crippen LogP contribution is -2.27. The largest absolute Gasteiger partial charge is 0.508 e. The maximum absolute atomic E-state index is 10.9. The van der Waals surface area contributed by atoms with Crippen molar-refractivity contribution in [2.45, 2.75) is 83.5 Å². The molecule has 4 nitrogen and oxygen atoms in total. The number of phenolic OH excluding ortho intramolecular Hbond substituents is 2. The molecule has 1 aliphatic carbocycles. The van der Waals surface area contributed by atoms with Gasteiger partial charge in [0, 0.05) is 27.7 Å². The van der Waals surface area contributed by atoms with Crippen molar-refractivity contribution in [3.63, 3.8) is 0 Å². The third kappa shape index (κ3) is 8.04. The predicted molar refractivity (Wildman–Crippen MR) is 192 cm³/mol. The first-order valence-corrected chi connectivity index (χ1v) is 16.6. The highest BCUT2D eigenvalue weighted by atomic mass is 16.3. The number of aliphatic hydroxyl groups excluding tert-OH is 2. The fourth-order valence-electron chi connectivity index (χ4n) is 6.92. The van der Waals surface area contributed by atoms with Gasteiger partial charge in [0.2, 0.25) is 0 Å². The molecule has 4 N–H and O–H groups in total. The van der Waals surface area contributed by atoms with Crippen LogP contribution < -0.4 is 0 Å². The third-order valence-corrected chi connectivity index (χ3v) is 9.61. The van der Waals surface area contributed by atoms with E-state index in [4.69, 9.17) is 0 Å². The Morgan fingerprint density at radius 2 is 1.52 bits per heavy atom. The van der Waals surface area contributed by atoms with E-state index in [2.05, 4.69) is 51.3 Å². The first-order valence-electron chi connectivity index (χ1n) is 16.6. The van der Waals surface area contributed by atoms with Gasteiger partial charge in [-0.05, 0) is 91.5 Å². The predicted octanol–water partition coefficient (Wildman–Crippen LogP) is 11.4. The van der Waals surface area contributed by atoms with Crippen molar-refractivity contribution in [2.75, 3.05) is 0 Å². The van der Waals surface area contributed by atoms with E-state index >= 15 is 0 Å². The Bertz CT molecular complexity index is 1600. The van der Waals surface area contributed by atoms with E-state index in [0.29, 0.717) is 34.6 Å². The summed E-state index contributed by atoms with van der Waals surface area (Å²) in [5.74, 6) is 0.991. The first kappa shape index (κ1) is 34.4. The fraction of sp³-hybridized carbons (Fsp3) is 0.333. The van der Waals surface area contributed by atoms with E-state index in [9.17, 15) is 20.4 Å². The zero-order chi connectivity index (χ0) is 33.3. The molecular weight excluding hydrogens is 568 g/mol. The highest BCUT2D eigenvalue weighted by Gasteiger charge is 2.32. The van der Waals surface area contributed by atoms with Crippen LogP contribution in [0.2, 0.25) is 0 Å². The Kier molecular flexibility index (Phi) is 11.8. The van der Waals surface area contributed by atoms with Crippen LogP contribution in [0, 0.1) is 5.92 Å². The number of allylic oxidation sites excluding steroid dienone is 6. The topological polar surface area (TPSA) is 80.9 Å². The Hall–Kier alpha value is -4.44. The van der Waals surface area contributed by atoms with Crippen LogP contribution in [0.5, 0.6) is 11.5 Å². The second-order valence-corrected chi connectivity index (χ2v) is 13.0. The lowest BCUT2D eigenvalue weighted by molar-refractivity contribution is 0.394. The molecule has 0 aromatic heterocycles. The smallest absolute Gasteiger partial charge is 0.123 e. The van der Waals surface area contributed by atoms with Crippen LogP contribution >= 0.6 is 0 Å². The summed E-state index contributed by atoms with van der Waals surface area (Å²) in [6.07, 6.45) is 15.7. The van der Waals surface area contributed by atoms with Crippen LogP contribution in [0.3, 0.4) is 0 Å². The van der Waals surface area contributed by atoms with Crippen LogP contribution in [-0.4, -0.2) is 20.4 Å². The molecule has 2 atom stereocenters. The highest BCUT2D eigenvalue weighted by Crippen LogP contribution is 2.43. The van der Waals surface area contributed by atoms with Gasteiger partial charge in [-0.15, -0.1) is 0 Å². The number of aliphatic hydroxyl groups is 2. The summed E-state index contributed by atoms with van der Waals surface area (Å²) < 4.78 is 0. The van der Waals surface area contributed by atoms with Crippen LogP contribution in [-0.2, 0) is 5.41 Å². The van der Waals surface area contributed by atoms with E-state index in [1.54, 1.807) is 54.6 Å². The van der Waals surface area contributed by atoms with Crippen molar-refractivity contribution < 1.29 is 20.4 Å². The highest BCUT2D eigenvalue weighted by molar-refractivity contribution is 5.80. The minimum absolute atomic E-state index is 0.0399. The number of para-hydroxylation sites is 1. The molecule has 0 amide bonds. The van der Waals surface area contributed by atoms with Gasteiger partial charge in [-0.3, -0.25) is 0 Å². The Morgan fingerprint density at radius 1 is 0.891 bits per heavy atom. The molecule has 4 rings (SSSR count). The van der Waals surface area contributed by atoms with Crippen molar-refractivity contribution in [3.8, 4) is 11.5 Å². The van der Waals surface area contributed by atoms with Gasteiger partial charge >= 0.3 is 0 Å². The van der Waals surface area contributed by atoms with Crippen molar-refractivity contribution in [1.29, 1.82) is 0 Å². The fourth-order valence-corrected chi connectivity index (χ4v) is 6.92. The van der Waals surface area contributed by atoms with Gasteiger partial charge in [0.05, 0.1) is 0 Å². The van der Waals surface area contributed by atoms with Gasteiger partial charge in [0.15, 0.2) is 0 Å². The summed E-state index contributed by atoms with van der Waals surface area (Å²) in [5.41, 5.74) is 5.00. The zero-order valence-electron chi connectivity index (χ0n) is 27.7. The van der Waals surface area contributed by atoms with E-state index in [0.717, 1.165) is 12.0 Å². The third-order valence-electron chi connectivity index (χ3n) is 9.61. The van der Waals surface area contributed by atoms with Gasteiger partial charge < -0.3 is 20.4 Å². The maximum Gasteiger partial charge on any atom is 0.123 e. The van der Waals surface area contributed by atoms with E-state index < -0.39 is 5.41 Å². The lowest BCUT2D eigenvalue weighted by atomic mass is 9.69. The standard InChI is InChI=1S/C42H50O4/c1-6-14-39(44)35(7-2)37-27-34(24-26-41(37)46)42(5,33-22-20-32(21-23-33)31-15-10-8-9-11-16-31)28-29(3)19-25-38(43)30(4)36-17-12-13-18-40(36)45/h6-7,12-14,17-18,20-27,29,31,43-46H,2,4,8-11,15-16,19,28H2,1,3,5H3/b14-6-,38-25+,39-35-. The molecule has 0 radical (unpaired) electrons. The van der Waals surface area contributed by atoms with Crippen LogP contribution in [0.1, 0.15) is 106 Å². The quantitative estimate of drug-likeness (QED) is 0.0925. The van der Waals surface area contributed by atoms with Gasteiger partial charge in [-0.25, -0.2) is 0 Å². The molecule has 0 saturated heterocycles. The van der Waals surface area contributed by atoms with Crippen LogP contribution in [0.15, 0.2) is 116 Å². The molecule has 1 saturated carbocycles. The maximum atomic E-state index is 10.9. The molecule has 0 bridgehead atoms. The molecule has 2 unspecified atom stereocenters. The number of hydrogen-bond acceptors (Lipinski definition) is 4. The van der Waals surface area contributed by atoms with Crippen molar-refractivity contribution in [3.05, 3.63) is 144 Å². The van der Waals surface area contributed by atoms with Crippen molar-refractivity contribution >= 4 is 11.1 Å². The summed E-state index contributed by atoms with van der Waals surface area (Å²) >= 11 is 0. The normalized spacial score (nSPS) is 17.2. The average molecular weight is 619 g/mol. The molecule has 3 aromatic carbocycles. The second kappa shape index (κ2) is 15.7. The van der Waals surface area contributed by atoms with Gasteiger partial charge in [-0.2, -0.15) is 0 Å². The number of rotatable bonds is 12. The summed E-state index contributed by atoms with van der Waals surface area (Å²) in [5, 5.41) is 42.8. The van der Waals surface area contributed by atoms with Crippen molar-refractivity contribution in [1.82, 2.24) is 0 Å². The Balaban J connectivity index is 1.71. The monoisotopic (exact) mass is 618 g/mol. The molecule has 0 spiro atoms. The van der Waals surface area contributed by atoms with Crippen LogP contribution in [0.25, 0.3) is 11.1 Å². The summed E-state index contributed by atoms with van der Waals surface area (Å²) in [7, 11) is 0. The summed E-state index contributed by atoms with van der Waals surface area (Å²) in [4.78, 5) is 0. The van der Waals surface area contributed by atoms with E-state index in [1.807, 2.05) is 19.1 Å². The number of benzene rings is 3. The molecule has 4 heteroatoms. The van der Waals surface area contributed by atoms with E-state index in [-0.39, 0.29) is 28.9 Å². The molecular formula is C42H50O4. The average Bonchev–Trinajstić information content (AvgIpc) is 3.35. The summed E-state index contributed by atoms with van der Waals surface area (Å²) in [6.45, 7) is 14.1. The molecule has 1 fully saturated rings. The Labute approximate surface area is 275 Å². The van der Waals surface area contributed by atoms with Crippen LogP contribution in [0.4, 0.5) is 0 Å². The van der Waals surface area contributed by atoms with Gasteiger partial charge in [-0.1, -0.05) is 113 Å². The number of hydrogen-bond donors (Lipinski definition) is 4. The minimum atomic E-state index is -0.454.